The predicted octanol–water partition coefficient (Wildman–Crippen LogP) is 3.81. The molecule has 1 nitrogen and oxygen atoms in total. The predicted molar refractivity (Wildman–Crippen MR) is 71.6 cm³/mol. The summed E-state index contributed by atoms with van der Waals surface area (Å²) in [7, 11) is 2.06. The smallest absolute Gasteiger partial charge is 0.0440 e. The van der Waals surface area contributed by atoms with Crippen LogP contribution in [0, 0.1) is 0 Å². The molecule has 2 heteroatoms. The Morgan fingerprint density at radius 1 is 1.19 bits per heavy atom. The van der Waals surface area contributed by atoms with Crippen LogP contribution < -0.4 is 5.32 Å². The van der Waals surface area contributed by atoms with E-state index in [2.05, 4.69) is 64.7 Å². The van der Waals surface area contributed by atoms with Crippen molar-refractivity contribution in [2.24, 2.45) is 0 Å². The van der Waals surface area contributed by atoms with Gasteiger partial charge in [-0.1, -0.05) is 40.2 Å². The van der Waals surface area contributed by atoms with Crippen LogP contribution in [0.15, 0.2) is 40.9 Å². The summed E-state index contributed by atoms with van der Waals surface area (Å²) in [5.74, 6) is 0. The molecule has 0 unspecified atom stereocenters. The Kier molecular flexibility index (Phi) is 2.30. The number of fused-ring (bicyclic) bond motifs is 1. The van der Waals surface area contributed by atoms with Gasteiger partial charge in [-0.15, -0.1) is 0 Å². The lowest BCUT2D eigenvalue weighted by atomic mass is 9.97. The monoisotopic (exact) mass is 275 g/mol. The van der Waals surface area contributed by atoms with Crippen LogP contribution in [-0.4, -0.2) is 7.05 Å². The van der Waals surface area contributed by atoms with Gasteiger partial charge in [-0.05, 0) is 48.4 Å². The molecule has 1 aliphatic carbocycles. The summed E-state index contributed by atoms with van der Waals surface area (Å²) in [4.78, 5) is 0. The first-order valence-corrected chi connectivity index (χ1v) is 6.42. The van der Waals surface area contributed by atoms with Crippen LogP contribution in [-0.2, 0) is 5.54 Å². The quantitative estimate of drug-likeness (QED) is 0.879. The van der Waals surface area contributed by atoms with Gasteiger partial charge in [0.25, 0.3) is 0 Å². The molecule has 3 rings (SSSR count). The first kappa shape index (κ1) is 10.3. The van der Waals surface area contributed by atoms with Crippen LogP contribution in [0.25, 0.3) is 10.8 Å². The minimum atomic E-state index is 0.236. The standard InChI is InChI=1S/C14H14BrN/c1-16-14(7-8-14)13-4-2-3-10-5-6-11(15)9-12(10)13/h2-6,9,16H,7-8H2,1H3. The van der Waals surface area contributed by atoms with Crippen LogP contribution in [0.3, 0.4) is 0 Å². The molecule has 1 N–H and O–H groups in total. The van der Waals surface area contributed by atoms with E-state index in [9.17, 15) is 0 Å². The van der Waals surface area contributed by atoms with Crippen molar-refractivity contribution in [2.75, 3.05) is 7.05 Å². The molecular weight excluding hydrogens is 262 g/mol. The van der Waals surface area contributed by atoms with Gasteiger partial charge in [0.15, 0.2) is 0 Å². The Morgan fingerprint density at radius 3 is 2.69 bits per heavy atom. The summed E-state index contributed by atoms with van der Waals surface area (Å²) in [5.41, 5.74) is 1.68. The van der Waals surface area contributed by atoms with Crippen molar-refractivity contribution >= 4 is 26.7 Å². The number of hydrogen-bond acceptors (Lipinski definition) is 1. The average Bonchev–Trinajstić information content (AvgIpc) is 3.09. The van der Waals surface area contributed by atoms with Gasteiger partial charge in [0.2, 0.25) is 0 Å². The largest absolute Gasteiger partial charge is 0.310 e. The highest BCUT2D eigenvalue weighted by atomic mass is 79.9. The number of hydrogen-bond donors (Lipinski definition) is 1. The lowest BCUT2D eigenvalue weighted by molar-refractivity contribution is 0.590. The lowest BCUT2D eigenvalue weighted by Gasteiger charge is -2.17. The van der Waals surface area contributed by atoms with Crippen molar-refractivity contribution in [2.45, 2.75) is 18.4 Å². The van der Waals surface area contributed by atoms with Crippen LogP contribution >= 0.6 is 15.9 Å². The Labute approximate surface area is 104 Å². The summed E-state index contributed by atoms with van der Waals surface area (Å²) in [6.45, 7) is 0. The SMILES string of the molecule is CNC1(c2cccc3ccc(Br)cc23)CC1. The molecular formula is C14H14BrN. The van der Waals surface area contributed by atoms with E-state index in [-0.39, 0.29) is 5.54 Å². The van der Waals surface area contributed by atoms with Crippen molar-refractivity contribution in [1.82, 2.24) is 5.32 Å². The minimum absolute atomic E-state index is 0.236. The second-order valence-corrected chi connectivity index (χ2v) is 5.42. The fourth-order valence-electron chi connectivity index (χ4n) is 2.44. The number of rotatable bonds is 2. The fourth-order valence-corrected chi connectivity index (χ4v) is 2.80. The summed E-state index contributed by atoms with van der Waals surface area (Å²) >= 11 is 3.56. The highest BCUT2D eigenvalue weighted by molar-refractivity contribution is 9.10. The molecule has 1 fully saturated rings. The third-order valence-electron chi connectivity index (χ3n) is 3.59. The maximum atomic E-state index is 3.56. The molecule has 0 spiro atoms. The second-order valence-electron chi connectivity index (χ2n) is 4.50. The molecule has 82 valence electrons. The second kappa shape index (κ2) is 3.57. The Morgan fingerprint density at radius 2 is 2.00 bits per heavy atom. The average molecular weight is 276 g/mol. The van der Waals surface area contributed by atoms with Crippen LogP contribution in [0.2, 0.25) is 0 Å². The number of halogens is 1. The molecule has 0 aromatic heterocycles. The molecule has 2 aromatic rings. The van der Waals surface area contributed by atoms with Crippen LogP contribution in [0.1, 0.15) is 18.4 Å². The highest BCUT2D eigenvalue weighted by Crippen LogP contribution is 2.47. The Bertz CT molecular complexity index is 543. The van der Waals surface area contributed by atoms with E-state index < -0.39 is 0 Å². The van der Waals surface area contributed by atoms with E-state index in [1.54, 1.807) is 0 Å². The molecule has 16 heavy (non-hydrogen) atoms. The third kappa shape index (κ3) is 1.48. The maximum absolute atomic E-state index is 3.56. The minimum Gasteiger partial charge on any atom is -0.310 e. The summed E-state index contributed by atoms with van der Waals surface area (Å²) < 4.78 is 1.15. The number of benzene rings is 2. The van der Waals surface area contributed by atoms with Crippen LogP contribution in [0.4, 0.5) is 0 Å². The first-order valence-electron chi connectivity index (χ1n) is 5.63. The van der Waals surface area contributed by atoms with Gasteiger partial charge in [0, 0.05) is 10.0 Å². The molecule has 0 bridgehead atoms. The summed E-state index contributed by atoms with van der Waals surface area (Å²) in [5, 5.41) is 6.15. The van der Waals surface area contributed by atoms with Gasteiger partial charge in [0.1, 0.15) is 0 Å². The molecule has 1 aliphatic rings. The van der Waals surface area contributed by atoms with Gasteiger partial charge >= 0.3 is 0 Å². The van der Waals surface area contributed by atoms with E-state index in [4.69, 9.17) is 0 Å². The van der Waals surface area contributed by atoms with Crippen molar-refractivity contribution in [3.63, 3.8) is 0 Å². The van der Waals surface area contributed by atoms with Gasteiger partial charge < -0.3 is 5.32 Å². The zero-order valence-corrected chi connectivity index (χ0v) is 10.8. The van der Waals surface area contributed by atoms with Crippen molar-refractivity contribution in [3.05, 3.63) is 46.4 Å². The molecule has 0 heterocycles. The van der Waals surface area contributed by atoms with E-state index in [0.29, 0.717) is 0 Å². The molecule has 0 amide bonds. The van der Waals surface area contributed by atoms with Crippen molar-refractivity contribution in [1.29, 1.82) is 0 Å². The summed E-state index contributed by atoms with van der Waals surface area (Å²) in [6, 6.07) is 13.1. The zero-order chi connectivity index (χ0) is 11.2. The third-order valence-corrected chi connectivity index (χ3v) is 4.08. The molecule has 0 atom stereocenters. The van der Waals surface area contributed by atoms with E-state index in [0.717, 1.165) is 4.47 Å². The highest BCUT2D eigenvalue weighted by Gasteiger charge is 2.43. The topological polar surface area (TPSA) is 12.0 Å². The molecule has 0 saturated heterocycles. The van der Waals surface area contributed by atoms with E-state index in [1.165, 1.54) is 29.2 Å². The van der Waals surface area contributed by atoms with Gasteiger partial charge in [-0.25, -0.2) is 0 Å². The van der Waals surface area contributed by atoms with E-state index in [1.807, 2.05) is 0 Å². The fraction of sp³-hybridized carbons (Fsp3) is 0.286. The molecule has 0 aliphatic heterocycles. The Balaban J connectivity index is 2.28. The summed E-state index contributed by atoms with van der Waals surface area (Å²) in [6.07, 6.45) is 2.49. The normalized spacial score (nSPS) is 17.6. The van der Waals surface area contributed by atoms with Gasteiger partial charge in [-0.3, -0.25) is 0 Å². The van der Waals surface area contributed by atoms with Crippen molar-refractivity contribution < 1.29 is 0 Å². The van der Waals surface area contributed by atoms with Gasteiger partial charge in [-0.2, -0.15) is 0 Å². The lowest BCUT2D eigenvalue weighted by Crippen LogP contribution is -2.24. The van der Waals surface area contributed by atoms with Gasteiger partial charge in [0.05, 0.1) is 0 Å². The van der Waals surface area contributed by atoms with Crippen LogP contribution in [0.5, 0.6) is 0 Å². The first-order chi connectivity index (χ1) is 7.75. The molecule has 0 radical (unpaired) electrons. The molecule has 1 saturated carbocycles. The van der Waals surface area contributed by atoms with E-state index >= 15 is 0 Å². The zero-order valence-electron chi connectivity index (χ0n) is 9.26. The van der Waals surface area contributed by atoms with Crippen molar-refractivity contribution in [3.8, 4) is 0 Å². The Hall–Kier alpha value is -0.860. The molecule has 2 aromatic carbocycles. The maximum Gasteiger partial charge on any atom is 0.0440 e. The number of nitrogens with one attached hydrogen (secondary N) is 1.